The van der Waals surface area contributed by atoms with Gasteiger partial charge in [0.15, 0.2) is 11.5 Å². The van der Waals surface area contributed by atoms with Crippen molar-refractivity contribution in [2.24, 2.45) is 0 Å². The molecule has 3 aromatic carbocycles. The van der Waals surface area contributed by atoms with Crippen molar-refractivity contribution >= 4 is 22.3 Å². The molecule has 152 valence electrons. The fourth-order valence-electron chi connectivity index (χ4n) is 3.64. The Morgan fingerprint density at radius 3 is 2.20 bits per heavy atom. The number of hydrogen-bond acceptors (Lipinski definition) is 5. The number of aliphatic carboxylic acids is 1. The van der Waals surface area contributed by atoms with E-state index in [1.807, 2.05) is 48.5 Å². The summed E-state index contributed by atoms with van der Waals surface area (Å²) < 4.78 is 16.8. The van der Waals surface area contributed by atoms with Crippen LogP contribution >= 0.6 is 0 Å². The molecule has 0 unspecified atom stereocenters. The van der Waals surface area contributed by atoms with Crippen molar-refractivity contribution < 1.29 is 24.1 Å². The molecule has 0 heterocycles. The number of hydrogen-bond donors (Lipinski definition) is 1. The number of rotatable bonds is 7. The molecular formula is C24H21NO5. The molecule has 0 aromatic heterocycles. The van der Waals surface area contributed by atoms with Gasteiger partial charge in [-0.1, -0.05) is 48.5 Å². The van der Waals surface area contributed by atoms with E-state index in [2.05, 4.69) is 0 Å². The molecule has 3 rings (SSSR count). The van der Waals surface area contributed by atoms with Crippen LogP contribution in [0, 0.1) is 11.3 Å². The lowest BCUT2D eigenvalue weighted by molar-refractivity contribution is -0.130. The van der Waals surface area contributed by atoms with E-state index < -0.39 is 5.97 Å². The Morgan fingerprint density at radius 1 is 0.967 bits per heavy atom. The van der Waals surface area contributed by atoms with Crippen LogP contribution in [0.15, 0.2) is 54.6 Å². The third kappa shape index (κ3) is 3.65. The topological polar surface area (TPSA) is 88.8 Å². The van der Waals surface area contributed by atoms with Crippen LogP contribution in [0.5, 0.6) is 17.2 Å². The van der Waals surface area contributed by atoms with Crippen molar-refractivity contribution in [1.29, 1.82) is 5.26 Å². The predicted molar refractivity (Wildman–Crippen MR) is 114 cm³/mol. The molecular weight excluding hydrogens is 382 g/mol. The van der Waals surface area contributed by atoms with E-state index in [1.54, 1.807) is 6.07 Å². The average Bonchev–Trinajstić information content (AvgIpc) is 2.76. The number of methoxy groups -OCH3 is 3. The van der Waals surface area contributed by atoms with Gasteiger partial charge in [0, 0.05) is 17.0 Å². The highest BCUT2D eigenvalue weighted by Gasteiger charge is 2.28. The zero-order valence-electron chi connectivity index (χ0n) is 16.9. The van der Waals surface area contributed by atoms with Crippen molar-refractivity contribution in [1.82, 2.24) is 0 Å². The monoisotopic (exact) mass is 403 g/mol. The van der Waals surface area contributed by atoms with Gasteiger partial charge < -0.3 is 19.3 Å². The Kier molecular flexibility index (Phi) is 6.23. The quantitative estimate of drug-likeness (QED) is 0.463. The average molecular weight is 403 g/mol. The zero-order chi connectivity index (χ0) is 21.7. The molecule has 0 spiro atoms. The summed E-state index contributed by atoms with van der Waals surface area (Å²) in [5, 5.41) is 20.3. The van der Waals surface area contributed by atoms with Crippen molar-refractivity contribution in [3.8, 4) is 23.3 Å². The first-order valence-electron chi connectivity index (χ1n) is 9.18. The number of fused-ring (bicyclic) bond motifs is 1. The van der Waals surface area contributed by atoms with Crippen molar-refractivity contribution in [2.45, 2.75) is 6.42 Å². The van der Waals surface area contributed by atoms with E-state index in [9.17, 15) is 15.2 Å². The third-order valence-corrected chi connectivity index (χ3v) is 4.85. The summed E-state index contributed by atoms with van der Waals surface area (Å²) in [6, 6.07) is 17.3. The van der Waals surface area contributed by atoms with E-state index in [-0.39, 0.29) is 22.6 Å². The summed E-state index contributed by atoms with van der Waals surface area (Å²) in [5.41, 5.74) is 2.11. The molecule has 1 N–H and O–H groups in total. The van der Waals surface area contributed by atoms with Gasteiger partial charge in [0.1, 0.15) is 0 Å². The fourth-order valence-corrected chi connectivity index (χ4v) is 3.64. The standard InChI is InChI=1S/C24H21NO5/c1-28-21-19-16(14-15-8-5-4-6-9-15)10-7-11-17(19)20(18(12-13-25)24(26)27)22(29-2)23(21)30-3/h4-12H,14H2,1-3H3,(H,26,27). The number of carboxylic acids is 1. The Labute approximate surface area is 174 Å². The van der Waals surface area contributed by atoms with E-state index >= 15 is 0 Å². The van der Waals surface area contributed by atoms with Crippen LogP contribution < -0.4 is 14.2 Å². The first-order valence-corrected chi connectivity index (χ1v) is 9.18. The molecule has 30 heavy (non-hydrogen) atoms. The molecule has 0 fully saturated rings. The molecule has 0 amide bonds. The summed E-state index contributed by atoms with van der Waals surface area (Å²) in [5.74, 6) is -0.325. The van der Waals surface area contributed by atoms with Gasteiger partial charge in [0.05, 0.1) is 33.0 Å². The minimum atomic E-state index is -1.24. The van der Waals surface area contributed by atoms with Gasteiger partial charge in [-0.05, 0) is 22.9 Å². The summed E-state index contributed by atoms with van der Waals surface area (Å²) in [6.07, 6.45) is 1.60. The van der Waals surface area contributed by atoms with Crippen LogP contribution in [-0.4, -0.2) is 32.4 Å². The van der Waals surface area contributed by atoms with E-state index in [0.29, 0.717) is 22.9 Å². The highest BCUT2D eigenvalue weighted by molar-refractivity contribution is 6.22. The molecule has 0 saturated heterocycles. The van der Waals surface area contributed by atoms with Gasteiger partial charge in [0.2, 0.25) is 5.75 Å². The minimum absolute atomic E-state index is 0.183. The summed E-state index contributed by atoms with van der Waals surface area (Å²) >= 11 is 0. The summed E-state index contributed by atoms with van der Waals surface area (Å²) in [4.78, 5) is 12.0. The van der Waals surface area contributed by atoms with E-state index in [1.165, 1.54) is 21.3 Å². The van der Waals surface area contributed by atoms with Gasteiger partial charge >= 0.3 is 5.97 Å². The number of carboxylic acid groups (broad SMARTS) is 1. The molecule has 6 heteroatoms. The van der Waals surface area contributed by atoms with Gasteiger partial charge in [-0.3, -0.25) is 0 Å². The highest BCUT2D eigenvalue weighted by Crippen LogP contribution is 2.50. The zero-order valence-corrected chi connectivity index (χ0v) is 16.9. The van der Waals surface area contributed by atoms with Gasteiger partial charge in [-0.2, -0.15) is 5.26 Å². The second-order valence-corrected chi connectivity index (χ2v) is 6.47. The van der Waals surface area contributed by atoms with Gasteiger partial charge in [0.25, 0.3) is 0 Å². The number of carbonyl (C=O) groups is 1. The first kappa shape index (κ1) is 20.7. The van der Waals surface area contributed by atoms with Gasteiger partial charge in [-0.25, -0.2) is 4.79 Å². The van der Waals surface area contributed by atoms with Crippen LogP contribution in [0.4, 0.5) is 0 Å². The molecule has 0 radical (unpaired) electrons. The van der Waals surface area contributed by atoms with Gasteiger partial charge in [-0.15, -0.1) is 0 Å². The lowest BCUT2D eigenvalue weighted by Crippen LogP contribution is -2.07. The van der Waals surface area contributed by atoms with Crippen molar-refractivity contribution in [3.63, 3.8) is 0 Å². The number of nitrogens with zero attached hydrogens (tertiary/aromatic N) is 1. The normalized spacial score (nSPS) is 11.1. The van der Waals surface area contributed by atoms with Crippen LogP contribution in [0.1, 0.15) is 16.7 Å². The molecule has 3 aromatic rings. The van der Waals surface area contributed by atoms with Crippen molar-refractivity contribution in [2.75, 3.05) is 21.3 Å². The van der Waals surface area contributed by atoms with Crippen LogP contribution in [-0.2, 0) is 11.2 Å². The number of allylic oxidation sites excluding steroid dienone is 1. The summed E-state index contributed by atoms with van der Waals surface area (Å²) in [6.45, 7) is 0. The molecule has 0 aliphatic rings. The van der Waals surface area contributed by atoms with Crippen LogP contribution in [0.3, 0.4) is 0 Å². The minimum Gasteiger partial charge on any atom is -0.492 e. The molecule has 6 nitrogen and oxygen atoms in total. The second kappa shape index (κ2) is 9.01. The Morgan fingerprint density at radius 2 is 1.63 bits per heavy atom. The lowest BCUT2D eigenvalue weighted by atomic mass is 9.90. The molecule has 0 bridgehead atoms. The second-order valence-electron chi connectivity index (χ2n) is 6.47. The molecule has 0 aliphatic heterocycles. The van der Waals surface area contributed by atoms with E-state index in [0.717, 1.165) is 17.2 Å². The number of ether oxygens (including phenoxy) is 3. The predicted octanol–water partition coefficient (Wildman–Crippen LogP) is 4.45. The maximum absolute atomic E-state index is 12.0. The highest BCUT2D eigenvalue weighted by atomic mass is 16.5. The maximum Gasteiger partial charge on any atom is 0.337 e. The molecule has 0 atom stereocenters. The van der Waals surface area contributed by atoms with Crippen LogP contribution in [0.25, 0.3) is 16.3 Å². The maximum atomic E-state index is 12.0. The largest absolute Gasteiger partial charge is 0.492 e. The fraction of sp³-hybridized carbons (Fsp3) is 0.167. The lowest BCUT2D eigenvalue weighted by Gasteiger charge is -2.21. The smallest absolute Gasteiger partial charge is 0.337 e. The third-order valence-electron chi connectivity index (χ3n) is 4.85. The molecule has 0 saturated carbocycles. The Bertz CT molecular complexity index is 1160. The van der Waals surface area contributed by atoms with Crippen molar-refractivity contribution in [3.05, 3.63) is 71.3 Å². The number of nitriles is 1. The first-order chi connectivity index (χ1) is 14.6. The summed E-state index contributed by atoms with van der Waals surface area (Å²) in [7, 11) is 4.41. The van der Waals surface area contributed by atoms with E-state index in [4.69, 9.17) is 14.2 Å². The molecule has 0 aliphatic carbocycles. The van der Waals surface area contributed by atoms with Crippen LogP contribution in [0.2, 0.25) is 0 Å². The Balaban J connectivity index is 2.47. The Hall–Kier alpha value is -3.98. The number of benzene rings is 3. The SMILES string of the molecule is COc1c(OC)c(OC)c2c(Cc3ccccc3)cccc2c1C(=CC#N)C(=O)O.